The molecule has 3 nitrogen and oxygen atoms in total. The van der Waals surface area contributed by atoms with Gasteiger partial charge in [0.25, 0.3) is 0 Å². The van der Waals surface area contributed by atoms with E-state index in [4.69, 9.17) is 4.74 Å². The molecule has 20 heavy (non-hydrogen) atoms. The summed E-state index contributed by atoms with van der Waals surface area (Å²) in [4.78, 5) is 2.37. The first kappa shape index (κ1) is 15.3. The quantitative estimate of drug-likeness (QED) is 0.867. The van der Waals surface area contributed by atoms with Crippen LogP contribution >= 0.6 is 0 Å². The van der Waals surface area contributed by atoms with Gasteiger partial charge in [-0.1, -0.05) is 6.92 Å². The number of nitrogens with one attached hydrogen (secondary N) is 1. The molecule has 0 spiro atoms. The van der Waals surface area contributed by atoms with Gasteiger partial charge in [0.1, 0.15) is 11.6 Å². The molecular weight excluding hydrogens is 255 g/mol. The molecule has 4 heteroatoms. The number of nitrogens with zero attached hydrogens (tertiary/aromatic N) is 1. The second kappa shape index (κ2) is 7.60. The molecule has 0 amide bonds. The second-order valence-electron chi connectivity index (χ2n) is 5.50. The Labute approximate surface area is 121 Å². The maximum atomic E-state index is 13.4. The Hall–Kier alpha value is -1.13. The molecule has 1 fully saturated rings. The highest BCUT2D eigenvalue weighted by atomic mass is 19.1. The molecule has 1 aliphatic heterocycles. The van der Waals surface area contributed by atoms with Crippen molar-refractivity contribution in [3.05, 3.63) is 29.6 Å². The Morgan fingerprint density at radius 2 is 2.30 bits per heavy atom. The van der Waals surface area contributed by atoms with Crippen LogP contribution in [-0.2, 0) is 6.54 Å². The average Bonchev–Trinajstić information content (AvgIpc) is 2.48. The van der Waals surface area contributed by atoms with Crippen molar-refractivity contribution in [1.29, 1.82) is 0 Å². The van der Waals surface area contributed by atoms with Gasteiger partial charge in [0.15, 0.2) is 0 Å². The van der Waals surface area contributed by atoms with Crippen molar-refractivity contribution >= 4 is 0 Å². The Kier molecular flexibility index (Phi) is 5.80. The number of benzene rings is 1. The van der Waals surface area contributed by atoms with Gasteiger partial charge in [-0.15, -0.1) is 0 Å². The van der Waals surface area contributed by atoms with Gasteiger partial charge in [-0.2, -0.15) is 0 Å². The molecular formula is C16H25FN2O. The Morgan fingerprint density at radius 3 is 2.95 bits per heavy atom. The minimum atomic E-state index is -0.198. The van der Waals surface area contributed by atoms with E-state index in [1.54, 1.807) is 19.2 Å². The Balaban J connectivity index is 1.99. The fraction of sp³-hybridized carbons (Fsp3) is 0.625. The lowest BCUT2D eigenvalue weighted by Gasteiger charge is -2.29. The molecule has 0 aromatic heterocycles. The van der Waals surface area contributed by atoms with Crippen LogP contribution in [0.3, 0.4) is 0 Å². The molecule has 112 valence electrons. The van der Waals surface area contributed by atoms with Crippen LogP contribution < -0.4 is 10.1 Å². The minimum absolute atomic E-state index is 0.198. The number of hydrogen-bond acceptors (Lipinski definition) is 3. The highest BCUT2D eigenvalue weighted by molar-refractivity contribution is 5.33. The molecule has 1 heterocycles. The first-order valence-electron chi connectivity index (χ1n) is 7.48. The zero-order valence-electron chi connectivity index (χ0n) is 12.5. The van der Waals surface area contributed by atoms with Gasteiger partial charge in [0.05, 0.1) is 7.11 Å². The van der Waals surface area contributed by atoms with Crippen LogP contribution in [0, 0.1) is 11.7 Å². The smallest absolute Gasteiger partial charge is 0.123 e. The standard InChI is InChI=1S/C16H25FN2O/c1-3-19(11-13-5-4-8-18-10-13)12-14-9-15(17)6-7-16(14)20-2/h6-7,9,13,18H,3-5,8,10-12H2,1-2H3. The molecule has 2 rings (SSSR count). The van der Waals surface area contributed by atoms with Crippen molar-refractivity contribution in [2.24, 2.45) is 5.92 Å². The highest BCUT2D eigenvalue weighted by Crippen LogP contribution is 2.22. The zero-order chi connectivity index (χ0) is 14.4. The summed E-state index contributed by atoms with van der Waals surface area (Å²) in [6, 6.07) is 4.74. The van der Waals surface area contributed by atoms with Crippen molar-refractivity contribution in [3.8, 4) is 5.75 Å². The van der Waals surface area contributed by atoms with Crippen LogP contribution in [0.2, 0.25) is 0 Å². The largest absolute Gasteiger partial charge is 0.496 e. The molecule has 1 saturated heterocycles. The van der Waals surface area contributed by atoms with Crippen molar-refractivity contribution in [2.75, 3.05) is 33.3 Å². The number of ether oxygens (including phenoxy) is 1. The van der Waals surface area contributed by atoms with Crippen LogP contribution in [-0.4, -0.2) is 38.2 Å². The van der Waals surface area contributed by atoms with Gasteiger partial charge in [-0.3, -0.25) is 4.90 Å². The number of piperidine rings is 1. The lowest BCUT2D eigenvalue weighted by molar-refractivity contribution is 0.207. The van der Waals surface area contributed by atoms with Gasteiger partial charge in [0.2, 0.25) is 0 Å². The van der Waals surface area contributed by atoms with Crippen LogP contribution in [0.5, 0.6) is 5.75 Å². The molecule has 1 aromatic carbocycles. The molecule has 1 aliphatic rings. The summed E-state index contributed by atoms with van der Waals surface area (Å²) in [5.74, 6) is 1.27. The fourth-order valence-electron chi connectivity index (χ4n) is 2.86. The highest BCUT2D eigenvalue weighted by Gasteiger charge is 2.17. The normalized spacial score (nSPS) is 19.3. The second-order valence-corrected chi connectivity index (χ2v) is 5.50. The molecule has 0 aliphatic carbocycles. The van der Waals surface area contributed by atoms with E-state index in [1.165, 1.54) is 18.9 Å². The van der Waals surface area contributed by atoms with E-state index >= 15 is 0 Å². The maximum absolute atomic E-state index is 13.4. The Morgan fingerprint density at radius 1 is 1.45 bits per heavy atom. The third-order valence-electron chi connectivity index (χ3n) is 4.00. The topological polar surface area (TPSA) is 24.5 Å². The van der Waals surface area contributed by atoms with E-state index in [0.717, 1.165) is 44.0 Å². The van der Waals surface area contributed by atoms with Crippen LogP contribution in [0.25, 0.3) is 0 Å². The fourth-order valence-corrected chi connectivity index (χ4v) is 2.86. The summed E-state index contributed by atoms with van der Waals surface area (Å²) in [7, 11) is 1.64. The van der Waals surface area contributed by atoms with Gasteiger partial charge >= 0.3 is 0 Å². The monoisotopic (exact) mass is 280 g/mol. The van der Waals surface area contributed by atoms with Crippen molar-refractivity contribution in [1.82, 2.24) is 10.2 Å². The Bertz CT molecular complexity index is 419. The van der Waals surface area contributed by atoms with E-state index in [2.05, 4.69) is 17.1 Å². The predicted octanol–water partition coefficient (Wildman–Crippen LogP) is 2.66. The van der Waals surface area contributed by atoms with Crippen molar-refractivity contribution in [2.45, 2.75) is 26.3 Å². The molecule has 1 N–H and O–H groups in total. The van der Waals surface area contributed by atoms with Crippen molar-refractivity contribution in [3.63, 3.8) is 0 Å². The van der Waals surface area contributed by atoms with E-state index in [1.807, 2.05) is 0 Å². The zero-order valence-corrected chi connectivity index (χ0v) is 12.5. The third kappa shape index (κ3) is 4.18. The first-order valence-corrected chi connectivity index (χ1v) is 7.48. The van der Waals surface area contributed by atoms with Gasteiger partial charge in [-0.05, 0) is 56.6 Å². The first-order chi connectivity index (χ1) is 9.72. The lowest BCUT2D eigenvalue weighted by Crippen LogP contribution is -2.38. The average molecular weight is 280 g/mol. The number of hydrogen-bond donors (Lipinski definition) is 1. The summed E-state index contributed by atoms with van der Waals surface area (Å²) in [6.45, 7) is 7.16. The summed E-state index contributed by atoms with van der Waals surface area (Å²) >= 11 is 0. The van der Waals surface area contributed by atoms with Crippen molar-refractivity contribution < 1.29 is 9.13 Å². The summed E-state index contributed by atoms with van der Waals surface area (Å²) in [5, 5.41) is 3.45. The third-order valence-corrected chi connectivity index (χ3v) is 4.00. The SMILES string of the molecule is CCN(Cc1cc(F)ccc1OC)CC1CCCNC1. The van der Waals surface area contributed by atoms with Gasteiger partial charge < -0.3 is 10.1 Å². The molecule has 1 atom stereocenters. The molecule has 1 unspecified atom stereocenters. The lowest BCUT2D eigenvalue weighted by atomic mass is 9.99. The van der Waals surface area contributed by atoms with Crippen LogP contribution in [0.15, 0.2) is 18.2 Å². The van der Waals surface area contributed by atoms with Gasteiger partial charge in [0, 0.05) is 18.7 Å². The molecule has 1 aromatic rings. The predicted molar refractivity (Wildman–Crippen MR) is 79.5 cm³/mol. The van der Waals surface area contributed by atoms with E-state index in [-0.39, 0.29) is 5.82 Å². The number of halogens is 1. The molecule has 0 saturated carbocycles. The van der Waals surface area contributed by atoms with Crippen LogP contribution in [0.4, 0.5) is 4.39 Å². The van der Waals surface area contributed by atoms with E-state index < -0.39 is 0 Å². The maximum Gasteiger partial charge on any atom is 0.123 e. The number of rotatable bonds is 6. The molecule has 0 bridgehead atoms. The summed E-state index contributed by atoms with van der Waals surface area (Å²) < 4.78 is 18.7. The van der Waals surface area contributed by atoms with Crippen LogP contribution in [0.1, 0.15) is 25.3 Å². The summed E-state index contributed by atoms with van der Waals surface area (Å²) in [6.07, 6.45) is 2.54. The minimum Gasteiger partial charge on any atom is -0.496 e. The van der Waals surface area contributed by atoms with Gasteiger partial charge in [-0.25, -0.2) is 4.39 Å². The van der Waals surface area contributed by atoms with E-state index in [9.17, 15) is 4.39 Å². The summed E-state index contributed by atoms with van der Waals surface area (Å²) in [5.41, 5.74) is 0.929. The van der Waals surface area contributed by atoms with E-state index in [0.29, 0.717) is 5.92 Å². The molecule has 0 radical (unpaired) electrons. The number of methoxy groups -OCH3 is 1.